The van der Waals surface area contributed by atoms with Crippen LogP contribution in [0.15, 0.2) is 0 Å². The summed E-state index contributed by atoms with van der Waals surface area (Å²) in [6.45, 7) is 10.0. The van der Waals surface area contributed by atoms with Crippen LogP contribution in [0.3, 0.4) is 0 Å². The smallest absolute Gasteiger partial charge is 0.0117 e. The van der Waals surface area contributed by atoms with E-state index < -0.39 is 0 Å². The van der Waals surface area contributed by atoms with E-state index in [1.165, 1.54) is 65.0 Å². The van der Waals surface area contributed by atoms with Crippen LogP contribution in [0.25, 0.3) is 0 Å². The van der Waals surface area contributed by atoms with Crippen LogP contribution in [0.1, 0.15) is 32.6 Å². The highest BCUT2D eigenvalue weighted by atomic mass is 15.2. The van der Waals surface area contributed by atoms with Crippen LogP contribution in [-0.4, -0.2) is 74.1 Å². The monoisotopic (exact) mass is 253 g/mol. The first kappa shape index (κ1) is 14.3. The maximum atomic E-state index is 2.65. The van der Waals surface area contributed by atoms with Gasteiger partial charge < -0.3 is 14.7 Å². The number of nitrogens with zero attached hydrogens (tertiary/aromatic N) is 3. The van der Waals surface area contributed by atoms with E-state index in [0.29, 0.717) is 0 Å². The third-order valence-electron chi connectivity index (χ3n) is 5.01. The summed E-state index contributed by atoms with van der Waals surface area (Å²) in [5.74, 6) is 0.942. The Morgan fingerprint density at radius 2 is 1.61 bits per heavy atom. The van der Waals surface area contributed by atoms with E-state index in [9.17, 15) is 0 Å². The van der Waals surface area contributed by atoms with Crippen molar-refractivity contribution < 1.29 is 0 Å². The highest BCUT2D eigenvalue weighted by Crippen LogP contribution is 2.21. The molecule has 3 heteroatoms. The molecule has 2 aliphatic rings. The fourth-order valence-electron chi connectivity index (χ4n) is 3.48. The summed E-state index contributed by atoms with van der Waals surface area (Å²) < 4.78 is 0. The molecule has 2 rings (SSSR count). The molecular weight excluding hydrogens is 222 g/mol. The molecule has 0 aromatic rings. The minimum Gasteiger partial charge on any atom is -0.306 e. The van der Waals surface area contributed by atoms with Crippen molar-refractivity contribution in [2.75, 3.05) is 53.4 Å². The molecule has 0 aromatic heterocycles. The molecule has 2 fully saturated rings. The molecular formula is C15H31N3. The standard InChI is InChI=1S/C15H31N3/c1-4-18-11-5-14(6-12-18)13-17(3)15-7-9-16(2)10-8-15/h14-15H,4-13H2,1-3H3. The van der Waals surface area contributed by atoms with Crippen molar-refractivity contribution in [1.29, 1.82) is 0 Å². The summed E-state index contributed by atoms with van der Waals surface area (Å²) in [5, 5.41) is 0. The van der Waals surface area contributed by atoms with Gasteiger partial charge in [-0.05, 0) is 78.4 Å². The average Bonchev–Trinajstić information content (AvgIpc) is 2.40. The molecule has 0 N–H and O–H groups in total. The van der Waals surface area contributed by atoms with Crippen molar-refractivity contribution in [3.8, 4) is 0 Å². The van der Waals surface area contributed by atoms with Crippen molar-refractivity contribution in [3.63, 3.8) is 0 Å². The lowest BCUT2D eigenvalue weighted by Gasteiger charge is -2.38. The number of hydrogen-bond donors (Lipinski definition) is 0. The Balaban J connectivity index is 1.69. The minimum absolute atomic E-state index is 0.838. The minimum atomic E-state index is 0.838. The molecule has 0 unspecified atom stereocenters. The van der Waals surface area contributed by atoms with E-state index in [-0.39, 0.29) is 0 Å². The molecule has 2 heterocycles. The summed E-state index contributed by atoms with van der Waals surface area (Å²) in [6.07, 6.45) is 5.54. The van der Waals surface area contributed by atoms with Crippen LogP contribution in [0, 0.1) is 5.92 Å². The van der Waals surface area contributed by atoms with E-state index in [0.717, 1.165) is 12.0 Å². The highest BCUT2D eigenvalue weighted by molar-refractivity contribution is 4.80. The zero-order valence-electron chi connectivity index (χ0n) is 12.6. The SMILES string of the molecule is CCN1CCC(CN(C)C2CCN(C)CC2)CC1. The Labute approximate surface area is 113 Å². The summed E-state index contributed by atoms with van der Waals surface area (Å²) in [7, 11) is 4.60. The molecule has 0 spiro atoms. The van der Waals surface area contributed by atoms with Gasteiger partial charge in [0, 0.05) is 12.6 Å². The summed E-state index contributed by atoms with van der Waals surface area (Å²) >= 11 is 0. The third kappa shape index (κ3) is 3.94. The molecule has 0 aromatic carbocycles. The zero-order valence-corrected chi connectivity index (χ0v) is 12.6. The lowest BCUT2D eigenvalue weighted by atomic mass is 9.94. The maximum Gasteiger partial charge on any atom is 0.0117 e. The Morgan fingerprint density at radius 3 is 2.17 bits per heavy atom. The van der Waals surface area contributed by atoms with Gasteiger partial charge in [-0.15, -0.1) is 0 Å². The van der Waals surface area contributed by atoms with Gasteiger partial charge in [0.2, 0.25) is 0 Å². The van der Waals surface area contributed by atoms with Gasteiger partial charge in [-0.3, -0.25) is 0 Å². The van der Waals surface area contributed by atoms with Crippen molar-refractivity contribution in [2.45, 2.75) is 38.6 Å². The van der Waals surface area contributed by atoms with Gasteiger partial charge in [-0.1, -0.05) is 6.92 Å². The fourth-order valence-corrected chi connectivity index (χ4v) is 3.48. The molecule has 0 saturated carbocycles. The van der Waals surface area contributed by atoms with E-state index >= 15 is 0 Å². The Bertz CT molecular complexity index is 228. The topological polar surface area (TPSA) is 9.72 Å². The number of piperidine rings is 2. The summed E-state index contributed by atoms with van der Waals surface area (Å²) in [6, 6.07) is 0.838. The third-order valence-corrected chi connectivity index (χ3v) is 5.01. The quantitative estimate of drug-likeness (QED) is 0.756. The Kier molecular flexibility index (Phi) is 5.46. The van der Waals surface area contributed by atoms with Crippen LogP contribution in [0.5, 0.6) is 0 Å². The number of rotatable bonds is 4. The number of likely N-dealkylation sites (tertiary alicyclic amines) is 2. The molecule has 0 bridgehead atoms. The predicted octanol–water partition coefficient (Wildman–Crippen LogP) is 1.74. The zero-order chi connectivity index (χ0) is 13.0. The summed E-state index contributed by atoms with van der Waals surface area (Å²) in [5.41, 5.74) is 0. The second kappa shape index (κ2) is 6.88. The second-order valence-electron chi connectivity index (χ2n) is 6.35. The van der Waals surface area contributed by atoms with Crippen molar-refractivity contribution in [1.82, 2.24) is 14.7 Å². The number of hydrogen-bond acceptors (Lipinski definition) is 3. The maximum absolute atomic E-state index is 2.65. The molecule has 3 nitrogen and oxygen atoms in total. The lowest BCUT2D eigenvalue weighted by Crippen LogP contribution is -2.45. The Morgan fingerprint density at radius 1 is 1.00 bits per heavy atom. The van der Waals surface area contributed by atoms with Gasteiger partial charge in [0.05, 0.1) is 0 Å². The van der Waals surface area contributed by atoms with Crippen LogP contribution < -0.4 is 0 Å². The van der Waals surface area contributed by atoms with E-state index in [1.54, 1.807) is 0 Å². The van der Waals surface area contributed by atoms with Crippen LogP contribution >= 0.6 is 0 Å². The Hall–Kier alpha value is -0.120. The van der Waals surface area contributed by atoms with Gasteiger partial charge in [-0.2, -0.15) is 0 Å². The largest absolute Gasteiger partial charge is 0.306 e. The van der Waals surface area contributed by atoms with E-state index in [1.807, 2.05) is 0 Å². The van der Waals surface area contributed by atoms with Crippen molar-refractivity contribution in [3.05, 3.63) is 0 Å². The molecule has 0 atom stereocenters. The first-order chi connectivity index (χ1) is 8.69. The molecule has 0 amide bonds. The molecule has 0 aliphatic carbocycles. The van der Waals surface area contributed by atoms with Gasteiger partial charge in [-0.25, -0.2) is 0 Å². The van der Waals surface area contributed by atoms with Crippen molar-refractivity contribution in [2.24, 2.45) is 5.92 Å². The lowest BCUT2D eigenvalue weighted by molar-refractivity contribution is 0.104. The second-order valence-corrected chi connectivity index (χ2v) is 6.35. The van der Waals surface area contributed by atoms with Gasteiger partial charge in [0.25, 0.3) is 0 Å². The van der Waals surface area contributed by atoms with Gasteiger partial charge in [0.15, 0.2) is 0 Å². The van der Waals surface area contributed by atoms with Gasteiger partial charge >= 0.3 is 0 Å². The van der Waals surface area contributed by atoms with Crippen LogP contribution in [0.2, 0.25) is 0 Å². The average molecular weight is 253 g/mol. The first-order valence-corrected chi connectivity index (χ1v) is 7.80. The molecule has 2 aliphatic heterocycles. The van der Waals surface area contributed by atoms with Gasteiger partial charge in [0.1, 0.15) is 0 Å². The van der Waals surface area contributed by atoms with E-state index in [2.05, 4.69) is 35.7 Å². The molecule has 2 saturated heterocycles. The molecule has 106 valence electrons. The highest BCUT2D eigenvalue weighted by Gasteiger charge is 2.24. The normalized spacial score (nSPS) is 26.0. The van der Waals surface area contributed by atoms with Crippen LogP contribution in [-0.2, 0) is 0 Å². The summed E-state index contributed by atoms with van der Waals surface area (Å²) in [4.78, 5) is 7.70. The molecule has 0 radical (unpaired) electrons. The van der Waals surface area contributed by atoms with Crippen molar-refractivity contribution >= 4 is 0 Å². The van der Waals surface area contributed by atoms with E-state index in [4.69, 9.17) is 0 Å². The molecule has 18 heavy (non-hydrogen) atoms. The fraction of sp³-hybridized carbons (Fsp3) is 1.00. The first-order valence-electron chi connectivity index (χ1n) is 7.80. The predicted molar refractivity (Wildman–Crippen MR) is 78.0 cm³/mol. The van der Waals surface area contributed by atoms with Crippen LogP contribution in [0.4, 0.5) is 0 Å².